The summed E-state index contributed by atoms with van der Waals surface area (Å²) in [7, 11) is 0.332. The summed E-state index contributed by atoms with van der Waals surface area (Å²) in [6.45, 7) is 0. The Hall–Kier alpha value is -5.43. The average Bonchev–Trinajstić information content (AvgIpc) is 3.48. The quantitative estimate of drug-likeness (QED) is 0.0821. The summed E-state index contributed by atoms with van der Waals surface area (Å²) in [6, 6.07) is 49.8. The van der Waals surface area contributed by atoms with Gasteiger partial charge in [-0.2, -0.15) is 13.2 Å². The molecule has 0 N–H and O–H groups in total. The van der Waals surface area contributed by atoms with Crippen LogP contribution in [-0.2, 0) is 26.4 Å². The van der Waals surface area contributed by atoms with Gasteiger partial charge in [-0.1, -0.05) is 48.5 Å². The first-order chi connectivity index (χ1) is 25.8. The van der Waals surface area contributed by atoms with Crippen molar-refractivity contribution in [2.45, 2.75) is 25.6 Å². The van der Waals surface area contributed by atoms with Crippen molar-refractivity contribution in [3.63, 3.8) is 0 Å². The summed E-state index contributed by atoms with van der Waals surface area (Å²) in [6.07, 6.45) is 0. The number of benzene rings is 6. The van der Waals surface area contributed by atoms with Gasteiger partial charge in [0, 0.05) is 0 Å². The van der Waals surface area contributed by atoms with E-state index in [0.29, 0.717) is 0 Å². The molecular weight excluding hydrogens is 738 g/mol. The number of fused-ring (bicyclic) bond motifs is 3. The molecule has 0 atom stereocenters. The summed E-state index contributed by atoms with van der Waals surface area (Å²) in [5.74, 6) is 3.33. The van der Waals surface area contributed by atoms with Crippen molar-refractivity contribution in [2.24, 2.45) is 0 Å². The van der Waals surface area contributed by atoms with Crippen molar-refractivity contribution in [1.29, 1.82) is 0 Å². The second kappa shape index (κ2) is 15.5. The van der Waals surface area contributed by atoms with Crippen LogP contribution in [0.15, 0.2) is 154 Å². The van der Waals surface area contributed by atoms with Crippen molar-refractivity contribution < 1.29 is 45.1 Å². The minimum Gasteiger partial charge on any atom is -0.741 e. The third-order valence-electron chi connectivity index (χ3n) is 9.17. The number of alkyl halides is 3. The van der Waals surface area contributed by atoms with Crippen molar-refractivity contribution in [1.82, 2.24) is 0 Å². The fraction of sp³-hybridized carbons (Fsp3) is 0.143. The molecule has 0 aromatic heterocycles. The van der Waals surface area contributed by atoms with Gasteiger partial charge in [0.25, 0.3) is 0 Å². The molecule has 6 aromatic rings. The van der Waals surface area contributed by atoms with Crippen molar-refractivity contribution in [3.05, 3.63) is 162 Å². The summed E-state index contributed by atoms with van der Waals surface area (Å²) in [5.41, 5.74) is 1.13. The van der Waals surface area contributed by atoms with Crippen molar-refractivity contribution in [3.8, 4) is 34.1 Å². The number of methoxy groups -OCH3 is 4. The largest absolute Gasteiger partial charge is 0.741 e. The van der Waals surface area contributed by atoms with Crippen LogP contribution in [0.5, 0.6) is 23.0 Å². The van der Waals surface area contributed by atoms with Crippen LogP contribution in [0.4, 0.5) is 13.2 Å². The maximum absolute atomic E-state index is 10.7. The summed E-state index contributed by atoms with van der Waals surface area (Å²) < 4.78 is 81.1. The Bertz CT molecular complexity index is 2230. The van der Waals surface area contributed by atoms with E-state index in [0.717, 1.165) is 23.0 Å². The van der Waals surface area contributed by atoms with Gasteiger partial charge in [-0.15, -0.1) is 0 Å². The lowest BCUT2D eigenvalue weighted by molar-refractivity contribution is -0.0517. The first-order valence-corrected chi connectivity index (χ1v) is 19.1. The molecule has 278 valence electrons. The molecule has 6 aromatic carbocycles. The van der Waals surface area contributed by atoms with E-state index in [1.54, 1.807) is 28.4 Å². The highest BCUT2D eigenvalue weighted by molar-refractivity contribution is 7.97. The first kappa shape index (κ1) is 38.3. The molecule has 0 amide bonds. The maximum atomic E-state index is 10.7. The molecule has 0 heterocycles. The molecule has 0 fully saturated rings. The summed E-state index contributed by atoms with van der Waals surface area (Å²) in [4.78, 5) is 3.65. The molecule has 7 nitrogen and oxygen atoms in total. The molecule has 1 aliphatic rings. The van der Waals surface area contributed by atoms with Crippen LogP contribution in [0.25, 0.3) is 11.1 Å². The van der Waals surface area contributed by atoms with E-state index in [1.165, 1.54) is 48.1 Å². The Kier molecular flexibility index (Phi) is 11.0. The van der Waals surface area contributed by atoms with Crippen LogP contribution in [0.1, 0.15) is 22.3 Å². The highest BCUT2D eigenvalue weighted by atomic mass is 32.2. The van der Waals surface area contributed by atoms with Crippen LogP contribution >= 0.6 is 0 Å². The van der Waals surface area contributed by atoms with Crippen LogP contribution in [0.3, 0.4) is 0 Å². The maximum Gasteiger partial charge on any atom is 0.485 e. The standard InChI is InChI=1S/C41H35O4S.CHF3O3S/c1-42-30-13-9-28(10-14-30)41(29-11-15-31(43-2)16-12-29)39-8-6-5-7-37(39)38-26-25-36(27-40(38)41)46(34-21-17-32(44-3)18-22-34)35-23-19-33(45-4)20-24-35;2-1(3,4)8(5,6)7/h5-27H,1-4H3;(H,5,6,7)/q+1;/p-1. The van der Waals surface area contributed by atoms with E-state index in [4.69, 9.17) is 31.9 Å². The molecule has 0 aliphatic heterocycles. The third-order valence-corrected chi connectivity index (χ3v) is 12.0. The fourth-order valence-corrected chi connectivity index (χ4v) is 8.76. The van der Waals surface area contributed by atoms with Crippen LogP contribution in [0, 0.1) is 0 Å². The van der Waals surface area contributed by atoms with Gasteiger partial charge in [-0.25, -0.2) is 8.42 Å². The molecule has 54 heavy (non-hydrogen) atoms. The Labute approximate surface area is 315 Å². The van der Waals surface area contributed by atoms with Gasteiger partial charge in [0.15, 0.2) is 24.8 Å². The minimum atomic E-state index is -6.09. The second-order valence-corrected chi connectivity index (χ2v) is 15.4. The second-order valence-electron chi connectivity index (χ2n) is 12.0. The highest BCUT2D eigenvalue weighted by Crippen LogP contribution is 2.57. The smallest absolute Gasteiger partial charge is 0.485 e. The van der Waals surface area contributed by atoms with Crippen molar-refractivity contribution >= 4 is 21.0 Å². The van der Waals surface area contributed by atoms with Gasteiger partial charge < -0.3 is 23.5 Å². The Morgan fingerprint density at radius 1 is 0.519 bits per heavy atom. The van der Waals surface area contributed by atoms with Gasteiger partial charge in [0.05, 0.1) is 44.7 Å². The monoisotopic (exact) mass is 772 g/mol. The average molecular weight is 773 g/mol. The van der Waals surface area contributed by atoms with E-state index >= 15 is 0 Å². The van der Waals surface area contributed by atoms with Gasteiger partial charge >= 0.3 is 5.51 Å². The van der Waals surface area contributed by atoms with Crippen molar-refractivity contribution in [2.75, 3.05) is 28.4 Å². The molecule has 0 bridgehead atoms. The van der Waals surface area contributed by atoms with E-state index < -0.39 is 31.9 Å². The van der Waals surface area contributed by atoms with Crippen LogP contribution in [0.2, 0.25) is 0 Å². The molecule has 0 saturated carbocycles. The zero-order valence-electron chi connectivity index (χ0n) is 29.6. The molecule has 0 radical (unpaired) electrons. The van der Waals surface area contributed by atoms with E-state index in [2.05, 4.69) is 115 Å². The zero-order valence-corrected chi connectivity index (χ0v) is 31.2. The number of ether oxygens (including phenoxy) is 4. The number of halogens is 3. The van der Waals surface area contributed by atoms with E-state index in [-0.39, 0.29) is 0 Å². The molecule has 12 heteroatoms. The number of hydrogen-bond donors (Lipinski definition) is 0. The minimum absolute atomic E-state index is 0.400. The number of hydrogen-bond acceptors (Lipinski definition) is 7. The van der Waals surface area contributed by atoms with Gasteiger partial charge in [0.2, 0.25) is 0 Å². The molecule has 0 saturated heterocycles. The lowest BCUT2D eigenvalue weighted by Crippen LogP contribution is -2.28. The van der Waals surface area contributed by atoms with Gasteiger partial charge in [-0.3, -0.25) is 0 Å². The Morgan fingerprint density at radius 3 is 1.26 bits per heavy atom. The van der Waals surface area contributed by atoms with E-state index in [9.17, 15) is 13.2 Å². The SMILES string of the molecule is COc1ccc([S+](c2ccc(OC)cc2)c2ccc3c(c2)C(c2ccc(OC)cc2)(c2ccc(OC)cc2)c2ccccc2-3)cc1.O=S(=O)([O-])C(F)(F)F. The van der Waals surface area contributed by atoms with Crippen LogP contribution < -0.4 is 18.9 Å². The lowest BCUT2D eigenvalue weighted by atomic mass is 9.67. The van der Waals surface area contributed by atoms with Gasteiger partial charge in [0.1, 0.15) is 23.0 Å². The summed E-state index contributed by atoms with van der Waals surface area (Å²) in [5, 5.41) is 0. The molecular formula is C42H35F3O7S2. The lowest BCUT2D eigenvalue weighted by Gasteiger charge is -2.34. The number of rotatable bonds is 9. The zero-order chi connectivity index (χ0) is 38.7. The molecule has 1 aliphatic carbocycles. The van der Waals surface area contributed by atoms with Crippen LogP contribution in [-0.4, -0.2) is 46.9 Å². The Morgan fingerprint density at radius 2 is 0.870 bits per heavy atom. The summed E-state index contributed by atoms with van der Waals surface area (Å²) >= 11 is 0. The predicted molar refractivity (Wildman–Crippen MR) is 201 cm³/mol. The third kappa shape index (κ3) is 7.24. The first-order valence-electron chi connectivity index (χ1n) is 16.4. The van der Waals surface area contributed by atoms with Gasteiger partial charge in [-0.05, 0) is 124 Å². The molecule has 7 rings (SSSR count). The molecule has 0 spiro atoms. The highest BCUT2D eigenvalue weighted by Gasteiger charge is 2.47. The fourth-order valence-electron chi connectivity index (χ4n) is 6.69. The normalized spacial score (nSPS) is 12.9. The Balaban J connectivity index is 0.000000561. The predicted octanol–water partition coefficient (Wildman–Crippen LogP) is 9.23. The van der Waals surface area contributed by atoms with E-state index in [1.807, 2.05) is 24.3 Å². The molecule has 0 unspecified atom stereocenters. The topological polar surface area (TPSA) is 94.1 Å².